The Labute approximate surface area is 123 Å². The summed E-state index contributed by atoms with van der Waals surface area (Å²) in [4.78, 5) is 23.6. The van der Waals surface area contributed by atoms with E-state index in [0.29, 0.717) is 6.54 Å². The molecule has 1 aromatic carbocycles. The molecular weight excluding hydrogens is 275 g/mol. The summed E-state index contributed by atoms with van der Waals surface area (Å²) in [5, 5.41) is 11.3. The number of rotatable bonds is 6. The van der Waals surface area contributed by atoms with E-state index in [1.807, 2.05) is 13.8 Å². The van der Waals surface area contributed by atoms with Gasteiger partial charge in [-0.3, -0.25) is 4.79 Å². The van der Waals surface area contributed by atoms with Gasteiger partial charge in [0.25, 0.3) is 0 Å². The molecule has 6 heteroatoms. The Kier molecular flexibility index (Phi) is 5.69. The molecule has 0 atom stereocenters. The van der Waals surface area contributed by atoms with Crippen molar-refractivity contribution in [1.29, 1.82) is 0 Å². The molecule has 0 spiro atoms. The van der Waals surface area contributed by atoms with Crippen LogP contribution in [0, 0.1) is 5.82 Å². The number of benzene rings is 1. The molecule has 5 nitrogen and oxygen atoms in total. The highest BCUT2D eigenvalue weighted by atomic mass is 19.1. The molecular formula is C15H21FN2O3. The third-order valence-corrected chi connectivity index (χ3v) is 3.32. The molecule has 0 aromatic heterocycles. The molecule has 116 valence electrons. The minimum Gasteiger partial charge on any atom is -0.481 e. The summed E-state index contributed by atoms with van der Waals surface area (Å²) in [5.74, 6) is -1.24. The van der Waals surface area contributed by atoms with E-state index in [4.69, 9.17) is 5.11 Å². The largest absolute Gasteiger partial charge is 0.481 e. The number of carbonyl (C=O) groups excluding carboxylic acids is 1. The van der Waals surface area contributed by atoms with E-state index in [1.54, 1.807) is 19.2 Å². The van der Waals surface area contributed by atoms with Gasteiger partial charge >= 0.3 is 12.0 Å². The summed E-state index contributed by atoms with van der Waals surface area (Å²) in [5.41, 5.74) is 0.564. The monoisotopic (exact) mass is 296 g/mol. The number of aliphatic carboxylic acids is 1. The van der Waals surface area contributed by atoms with Gasteiger partial charge < -0.3 is 15.3 Å². The van der Waals surface area contributed by atoms with Crippen LogP contribution in [0.1, 0.15) is 25.8 Å². The van der Waals surface area contributed by atoms with E-state index >= 15 is 0 Å². The number of carbonyl (C=O) groups is 2. The number of hydrogen-bond acceptors (Lipinski definition) is 2. The first-order chi connectivity index (χ1) is 9.72. The Balaban J connectivity index is 2.54. The zero-order valence-electron chi connectivity index (χ0n) is 12.5. The first kappa shape index (κ1) is 16.9. The zero-order valence-corrected chi connectivity index (χ0v) is 12.5. The second kappa shape index (κ2) is 7.06. The summed E-state index contributed by atoms with van der Waals surface area (Å²) in [6, 6.07) is 5.83. The van der Waals surface area contributed by atoms with Crippen LogP contribution in [0.5, 0.6) is 0 Å². The van der Waals surface area contributed by atoms with Crippen molar-refractivity contribution in [3.8, 4) is 0 Å². The molecule has 2 N–H and O–H groups in total. The molecule has 0 saturated carbocycles. The number of urea groups is 1. The van der Waals surface area contributed by atoms with Crippen LogP contribution in [0.15, 0.2) is 24.3 Å². The van der Waals surface area contributed by atoms with Gasteiger partial charge in [0.05, 0.1) is 6.42 Å². The Bertz CT molecular complexity index is 500. The Morgan fingerprint density at radius 1 is 1.29 bits per heavy atom. The lowest BCUT2D eigenvalue weighted by Crippen LogP contribution is -2.43. The van der Waals surface area contributed by atoms with Crippen molar-refractivity contribution in [1.82, 2.24) is 10.2 Å². The third kappa shape index (κ3) is 5.41. The Morgan fingerprint density at radius 2 is 1.86 bits per heavy atom. The summed E-state index contributed by atoms with van der Waals surface area (Å²) in [6.45, 7) is 4.41. The lowest BCUT2D eigenvalue weighted by Gasteiger charge is -2.27. The maximum absolute atomic E-state index is 12.9. The smallest absolute Gasteiger partial charge is 0.317 e. The molecule has 1 rings (SSSR count). The predicted octanol–water partition coefficient (Wildman–Crippen LogP) is 2.22. The topological polar surface area (TPSA) is 69.6 Å². The fourth-order valence-corrected chi connectivity index (χ4v) is 1.80. The molecule has 0 heterocycles. The Morgan fingerprint density at radius 3 is 2.38 bits per heavy atom. The third-order valence-electron chi connectivity index (χ3n) is 3.32. The molecule has 0 unspecified atom stereocenters. The highest BCUT2D eigenvalue weighted by molar-refractivity contribution is 5.75. The maximum atomic E-state index is 12.9. The molecule has 21 heavy (non-hydrogen) atoms. The fourth-order valence-electron chi connectivity index (χ4n) is 1.80. The van der Waals surface area contributed by atoms with Crippen LogP contribution in [0.3, 0.4) is 0 Å². The van der Waals surface area contributed by atoms with E-state index in [2.05, 4.69) is 5.32 Å². The number of nitrogens with one attached hydrogen (secondary N) is 1. The summed E-state index contributed by atoms with van der Waals surface area (Å²) in [7, 11) is 1.54. The normalized spacial score (nSPS) is 11.0. The molecule has 1 aromatic rings. The quantitative estimate of drug-likeness (QED) is 0.845. The van der Waals surface area contributed by atoms with Gasteiger partial charge in [0.15, 0.2) is 0 Å². The number of carboxylic acids is 1. The lowest BCUT2D eigenvalue weighted by molar-refractivity contribution is -0.137. The van der Waals surface area contributed by atoms with Gasteiger partial charge in [0, 0.05) is 25.6 Å². The molecule has 0 fully saturated rings. The highest BCUT2D eigenvalue weighted by Gasteiger charge is 2.22. The van der Waals surface area contributed by atoms with Gasteiger partial charge in [-0.1, -0.05) is 26.0 Å². The van der Waals surface area contributed by atoms with Crippen LogP contribution >= 0.6 is 0 Å². The number of hydrogen-bond donors (Lipinski definition) is 2. The number of amides is 2. The van der Waals surface area contributed by atoms with Gasteiger partial charge in [-0.2, -0.15) is 0 Å². The van der Waals surface area contributed by atoms with Gasteiger partial charge in [-0.25, -0.2) is 9.18 Å². The van der Waals surface area contributed by atoms with E-state index in [-0.39, 0.29) is 30.2 Å². The zero-order chi connectivity index (χ0) is 16.0. The van der Waals surface area contributed by atoms with Crippen LogP contribution in [-0.2, 0) is 10.2 Å². The van der Waals surface area contributed by atoms with Crippen molar-refractivity contribution < 1.29 is 19.1 Å². The predicted molar refractivity (Wildman–Crippen MR) is 77.7 cm³/mol. The van der Waals surface area contributed by atoms with Gasteiger partial charge in [0.2, 0.25) is 0 Å². The molecule has 0 radical (unpaired) electrons. The molecule has 0 aliphatic rings. The van der Waals surface area contributed by atoms with Crippen LogP contribution in [-0.4, -0.2) is 42.1 Å². The molecule has 0 bridgehead atoms. The average molecular weight is 296 g/mol. The van der Waals surface area contributed by atoms with Crippen LogP contribution in [0.4, 0.5) is 9.18 Å². The SMILES string of the molecule is CN(CCC(=O)O)C(=O)NCC(C)(C)c1ccc(F)cc1. The van der Waals surface area contributed by atoms with Crippen molar-refractivity contribution in [2.24, 2.45) is 0 Å². The molecule has 2 amide bonds. The first-order valence-corrected chi connectivity index (χ1v) is 6.69. The van der Waals surface area contributed by atoms with Gasteiger partial charge in [-0.05, 0) is 17.7 Å². The Hall–Kier alpha value is -2.11. The molecule has 0 aliphatic heterocycles. The number of halogens is 1. The molecule has 0 saturated heterocycles. The van der Waals surface area contributed by atoms with E-state index in [9.17, 15) is 14.0 Å². The van der Waals surface area contributed by atoms with Crippen LogP contribution in [0.25, 0.3) is 0 Å². The number of carboxylic acid groups (broad SMARTS) is 1. The van der Waals surface area contributed by atoms with Crippen LogP contribution < -0.4 is 5.32 Å². The number of nitrogens with zero attached hydrogens (tertiary/aromatic N) is 1. The van der Waals surface area contributed by atoms with E-state index in [1.165, 1.54) is 17.0 Å². The summed E-state index contributed by atoms with van der Waals surface area (Å²) < 4.78 is 12.9. The molecule has 0 aliphatic carbocycles. The fraction of sp³-hybridized carbons (Fsp3) is 0.467. The lowest BCUT2D eigenvalue weighted by atomic mass is 9.84. The van der Waals surface area contributed by atoms with Crippen molar-refractivity contribution >= 4 is 12.0 Å². The van der Waals surface area contributed by atoms with Crippen molar-refractivity contribution in [3.05, 3.63) is 35.6 Å². The summed E-state index contributed by atoms with van der Waals surface area (Å²) >= 11 is 0. The van der Waals surface area contributed by atoms with Crippen molar-refractivity contribution in [2.75, 3.05) is 20.1 Å². The van der Waals surface area contributed by atoms with E-state index in [0.717, 1.165) is 5.56 Å². The van der Waals surface area contributed by atoms with E-state index < -0.39 is 5.97 Å². The van der Waals surface area contributed by atoms with Gasteiger partial charge in [-0.15, -0.1) is 0 Å². The minimum atomic E-state index is -0.943. The highest BCUT2D eigenvalue weighted by Crippen LogP contribution is 2.22. The average Bonchev–Trinajstić information content (AvgIpc) is 2.42. The van der Waals surface area contributed by atoms with Crippen molar-refractivity contribution in [3.63, 3.8) is 0 Å². The van der Waals surface area contributed by atoms with Crippen LogP contribution in [0.2, 0.25) is 0 Å². The summed E-state index contributed by atoms with van der Waals surface area (Å²) in [6.07, 6.45) is -0.0920. The maximum Gasteiger partial charge on any atom is 0.317 e. The second-order valence-electron chi connectivity index (χ2n) is 5.61. The minimum absolute atomic E-state index is 0.0920. The second-order valence-corrected chi connectivity index (χ2v) is 5.61. The first-order valence-electron chi connectivity index (χ1n) is 6.69. The standard InChI is InChI=1S/C15H21FN2O3/c1-15(2,11-4-6-12(16)7-5-11)10-17-14(21)18(3)9-8-13(19)20/h4-7H,8-10H2,1-3H3,(H,17,21)(H,19,20). The van der Waals surface area contributed by atoms with Gasteiger partial charge in [0.1, 0.15) is 5.82 Å². The van der Waals surface area contributed by atoms with Crippen molar-refractivity contribution in [2.45, 2.75) is 25.7 Å².